The van der Waals surface area contributed by atoms with E-state index < -0.39 is 0 Å². The van der Waals surface area contributed by atoms with Gasteiger partial charge in [-0.15, -0.1) is 0 Å². The van der Waals surface area contributed by atoms with Gasteiger partial charge >= 0.3 is 0 Å². The Bertz CT molecular complexity index is 643. The number of piperidine rings is 2. The van der Waals surface area contributed by atoms with E-state index in [0.717, 1.165) is 31.2 Å². The highest BCUT2D eigenvalue weighted by molar-refractivity contribution is 5.80. The summed E-state index contributed by atoms with van der Waals surface area (Å²) in [6.45, 7) is 9.13. The van der Waals surface area contributed by atoms with Crippen molar-refractivity contribution < 1.29 is 9.50 Å². The number of nitrogens with zero attached hydrogens (tertiary/aromatic N) is 3. The number of anilines is 1. The lowest BCUT2D eigenvalue weighted by Gasteiger charge is -2.33. The normalized spacial score (nSPS) is 22.2. The van der Waals surface area contributed by atoms with Crippen molar-refractivity contribution in [3.05, 3.63) is 29.6 Å². The van der Waals surface area contributed by atoms with Gasteiger partial charge in [0.1, 0.15) is 5.82 Å². The first-order chi connectivity index (χ1) is 13.1. The van der Waals surface area contributed by atoms with Crippen molar-refractivity contribution >= 4 is 11.6 Å². The van der Waals surface area contributed by atoms with Gasteiger partial charge in [-0.2, -0.15) is 0 Å². The fraction of sp³-hybridized carbons (Fsp3) is 0.667. The van der Waals surface area contributed by atoms with Crippen LogP contribution >= 0.6 is 0 Å². The minimum atomic E-state index is -0.250. The van der Waals surface area contributed by atoms with E-state index in [-0.39, 0.29) is 11.9 Å². The Labute approximate surface area is 162 Å². The molecule has 0 aliphatic carbocycles. The number of aliphatic hydroxyl groups excluding tert-OH is 1. The highest BCUT2D eigenvalue weighted by Crippen LogP contribution is 2.24. The first-order valence-electron chi connectivity index (χ1n) is 10.3. The largest absolute Gasteiger partial charge is 0.393 e. The number of halogens is 1. The van der Waals surface area contributed by atoms with Gasteiger partial charge in [0.2, 0.25) is 0 Å². The molecule has 2 saturated heterocycles. The summed E-state index contributed by atoms with van der Waals surface area (Å²) >= 11 is 0. The Hall–Kier alpha value is -1.82. The monoisotopic (exact) mass is 376 g/mol. The number of aliphatic imine (C=N–C) groups is 1. The molecule has 0 radical (unpaired) electrons. The maximum Gasteiger partial charge on any atom is 0.194 e. The lowest BCUT2D eigenvalue weighted by Crippen LogP contribution is -2.46. The van der Waals surface area contributed by atoms with Crippen LogP contribution in [-0.2, 0) is 6.54 Å². The standard InChI is InChI=1S/C21H33FN4O/c1-3-23-21(26-10-4-5-16(2)15-26)24-14-17-6-7-20(19(22)13-17)25-11-8-18(27)9-12-25/h6-7,13,16,18,27H,3-5,8-12,14-15H2,1-2H3,(H,23,24). The third-order valence-electron chi connectivity index (χ3n) is 5.52. The summed E-state index contributed by atoms with van der Waals surface area (Å²) in [6, 6.07) is 5.43. The summed E-state index contributed by atoms with van der Waals surface area (Å²) in [7, 11) is 0. The van der Waals surface area contributed by atoms with Gasteiger partial charge in [0.15, 0.2) is 5.96 Å². The third-order valence-corrected chi connectivity index (χ3v) is 5.52. The van der Waals surface area contributed by atoms with Crippen molar-refractivity contribution in [2.45, 2.75) is 52.2 Å². The van der Waals surface area contributed by atoms with Crippen LogP contribution in [0.2, 0.25) is 0 Å². The molecule has 0 saturated carbocycles. The molecule has 0 spiro atoms. The molecule has 0 bridgehead atoms. The zero-order valence-corrected chi connectivity index (χ0v) is 16.6. The average Bonchev–Trinajstić information content (AvgIpc) is 2.66. The van der Waals surface area contributed by atoms with Gasteiger partial charge in [-0.05, 0) is 56.2 Å². The number of nitrogens with one attached hydrogen (secondary N) is 1. The zero-order chi connectivity index (χ0) is 19.2. The lowest BCUT2D eigenvalue weighted by molar-refractivity contribution is 0.145. The molecule has 27 heavy (non-hydrogen) atoms. The maximum absolute atomic E-state index is 14.6. The van der Waals surface area contributed by atoms with Gasteiger partial charge in [-0.25, -0.2) is 9.38 Å². The summed E-state index contributed by atoms with van der Waals surface area (Å²) in [5.74, 6) is 1.41. The number of likely N-dealkylation sites (tertiary alicyclic amines) is 1. The van der Waals surface area contributed by atoms with Crippen LogP contribution in [0.4, 0.5) is 10.1 Å². The minimum Gasteiger partial charge on any atom is -0.393 e. The molecule has 6 heteroatoms. The van der Waals surface area contributed by atoms with Crippen LogP contribution in [0.3, 0.4) is 0 Å². The number of aliphatic hydroxyl groups is 1. The molecule has 1 aromatic carbocycles. The topological polar surface area (TPSA) is 51.1 Å². The van der Waals surface area contributed by atoms with Crippen LogP contribution in [0.25, 0.3) is 0 Å². The Morgan fingerprint density at radius 3 is 2.70 bits per heavy atom. The molecule has 3 rings (SSSR count). The van der Waals surface area contributed by atoms with Crippen molar-refractivity contribution in [2.24, 2.45) is 10.9 Å². The van der Waals surface area contributed by atoms with E-state index in [1.54, 1.807) is 6.07 Å². The minimum absolute atomic E-state index is 0.198. The summed E-state index contributed by atoms with van der Waals surface area (Å²) < 4.78 is 14.6. The smallest absolute Gasteiger partial charge is 0.194 e. The molecule has 2 heterocycles. The Kier molecular flexibility index (Phi) is 6.94. The van der Waals surface area contributed by atoms with E-state index in [1.807, 2.05) is 17.0 Å². The van der Waals surface area contributed by atoms with E-state index in [9.17, 15) is 9.50 Å². The Morgan fingerprint density at radius 1 is 1.26 bits per heavy atom. The fourth-order valence-electron chi connectivity index (χ4n) is 3.99. The first kappa shape index (κ1) is 19.9. The van der Waals surface area contributed by atoms with Gasteiger partial charge in [-0.1, -0.05) is 13.0 Å². The molecular formula is C21H33FN4O. The number of rotatable bonds is 4. The SMILES string of the molecule is CCNC(=NCc1ccc(N2CCC(O)CC2)c(F)c1)N1CCCC(C)C1. The van der Waals surface area contributed by atoms with Crippen molar-refractivity contribution in [3.8, 4) is 0 Å². The van der Waals surface area contributed by atoms with Gasteiger partial charge in [0.05, 0.1) is 18.3 Å². The fourth-order valence-corrected chi connectivity index (χ4v) is 3.99. The molecule has 1 aromatic rings. The molecule has 1 unspecified atom stereocenters. The molecule has 2 fully saturated rings. The summed E-state index contributed by atoms with van der Waals surface area (Å²) in [4.78, 5) is 9.10. The second-order valence-corrected chi connectivity index (χ2v) is 7.87. The molecule has 5 nitrogen and oxygen atoms in total. The number of benzene rings is 1. The molecule has 1 atom stereocenters. The van der Waals surface area contributed by atoms with Gasteiger partial charge in [0.25, 0.3) is 0 Å². The number of guanidine groups is 1. The predicted molar refractivity (Wildman–Crippen MR) is 109 cm³/mol. The van der Waals surface area contributed by atoms with E-state index in [0.29, 0.717) is 44.1 Å². The molecule has 2 aliphatic rings. The van der Waals surface area contributed by atoms with Gasteiger partial charge in [-0.3, -0.25) is 0 Å². The van der Waals surface area contributed by atoms with Crippen LogP contribution in [0.15, 0.2) is 23.2 Å². The van der Waals surface area contributed by atoms with Crippen molar-refractivity contribution in [1.29, 1.82) is 0 Å². The summed E-state index contributed by atoms with van der Waals surface area (Å²) in [5, 5.41) is 13.0. The lowest BCUT2D eigenvalue weighted by atomic mass is 10.0. The molecule has 150 valence electrons. The van der Waals surface area contributed by atoms with E-state index in [2.05, 4.69) is 24.1 Å². The van der Waals surface area contributed by atoms with E-state index in [4.69, 9.17) is 4.99 Å². The molecule has 2 N–H and O–H groups in total. The average molecular weight is 377 g/mol. The predicted octanol–water partition coefficient (Wildman–Crippen LogP) is 2.98. The Morgan fingerprint density at radius 2 is 2.04 bits per heavy atom. The van der Waals surface area contributed by atoms with Crippen molar-refractivity contribution in [1.82, 2.24) is 10.2 Å². The molecular weight excluding hydrogens is 343 g/mol. The third kappa shape index (κ3) is 5.34. The second-order valence-electron chi connectivity index (χ2n) is 7.87. The number of hydrogen-bond donors (Lipinski definition) is 2. The van der Waals surface area contributed by atoms with Crippen LogP contribution in [-0.4, -0.2) is 54.8 Å². The van der Waals surface area contributed by atoms with Crippen LogP contribution < -0.4 is 10.2 Å². The number of hydrogen-bond acceptors (Lipinski definition) is 3. The van der Waals surface area contributed by atoms with E-state index in [1.165, 1.54) is 12.8 Å². The molecule has 0 amide bonds. The quantitative estimate of drug-likeness (QED) is 0.627. The summed E-state index contributed by atoms with van der Waals surface area (Å²) in [6.07, 6.45) is 3.62. The van der Waals surface area contributed by atoms with E-state index >= 15 is 0 Å². The summed E-state index contributed by atoms with van der Waals surface area (Å²) in [5.41, 5.74) is 1.51. The van der Waals surface area contributed by atoms with Crippen molar-refractivity contribution in [3.63, 3.8) is 0 Å². The van der Waals surface area contributed by atoms with Crippen LogP contribution in [0.1, 0.15) is 45.1 Å². The van der Waals surface area contributed by atoms with Crippen LogP contribution in [0, 0.1) is 11.7 Å². The van der Waals surface area contributed by atoms with Crippen LogP contribution in [0.5, 0.6) is 0 Å². The Balaban J connectivity index is 1.66. The first-order valence-corrected chi connectivity index (χ1v) is 10.3. The molecule has 0 aromatic heterocycles. The van der Waals surface area contributed by atoms with Gasteiger partial charge < -0.3 is 20.2 Å². The molecule has 2 aliphatic heterocycles. The highest BCUT2D eigenvalue weighted by atomic mass is 19.1. The highest BCUT2D eigenvalue weighted by Gasteiger charge is 2.21. The van der Waals surface area contributed by atoms with Gasteiger partial charge in [0, 0.05) is 32.7 Å². The van der Waals surface area contributed by atoms with Crippen molar-refractivity contribution in [2.75, 3.05) is 37.6 Å². The maximum atomic E-state index is 14.6. The zero-order valence-electron chi connectivity index (χ0n) is 16.6. The second kappa shape index (κ2) is 9.40.